The number of carbonyl (C=O) groups is 1. The fourth-order valence-corrected chi connectivity index (χ4v) is 10.0. The van der Waals surface area contributed by atoms with Crippen LogP contribution in [0.25, 0.3) is 11.1 Å². The van der Waals surface area contributed by atoms with Crippen LogP contribution >= 0.6 is 0 Å². The van der Waals surface area contributed by atoms with E-state index in [1.807, 2.05) is 12.1 Å². The largest absolute Gasteiger partial charge is 0.414 e. The number of allylic oxidation sites excluding steroid dienone is 2. The Hall–Kier alpha value is -2.71. The van der Waals surface area contributed by atoms with Crippen molar-refractivity contribution in [2.45, 2.75) is 174 Å². The van der Waals surface area contributed by atoms with Crippen molar-refractivity contribution in [1.29, 1.82) is 5.26 Å². The first-order valence-electron chi connectivity index (χ1n) is 21.4. The van der Waals surface area contributed by atoms with Gasteiger partial charge in [0.05, 0.1) is 35.9 Å². The maximum atomic E-state index is 14.1. The monoisotopic (exact) mass is 847 g/mol. The zero-order valence-electron chi connectivity index (χ0n) is 38.5. The third-order valence-electron chi connectivity index (χ3n) is 13.4. The highest BCUT2D eigenvalue weighted by atomic mass is 28.4. The van der Waals surface area contributed by atoms with Crippen molar-refractivity contribution in [3.05, 3.63) is 53.4 Å². The van der Waals surface area contributed by atoms with E-state index in [2.05, 4.69) is 130 Å². The van der Waals surface area contributed by atoms with Gasteiger partial charge in [-0.3, -0.25) is 4.79 Å². The second kappa shape index (κ2) is 16.6. The summed E-state index contributed by atoms with van der Waals surface area (Å²) in [6, 6.07) is 7.10. The van der Waals surface area contributed by atoms with Gasteiger partial charge in [0.1, 0.15) is 18.4 Å². The standard InChI is InChI=1S/C45H73N5O5Si3/c1-41(2,3)57(12,13)53-30-44-22-23-45(55-44,31-54-58(14,15)42(4,5)6)27-34(26-44)36-16-17-37(38(48-36)33-18-20-43(7,8)21-19-33)49-40(51)39-47-35(28-46)29-50(39)32-52-24-25-56(9,10)11/h16-18,26,29H,19-25,27,30-32H2,1-15H3,(H,49,51). The number of hydrogen-bond donors (Lipinski definition) is 1. The van der Waals surface area contributed by atoms with Crippen molar-refractivity contribution < 1.29 is 23.1 Å². The molecule has 2 atom stereocenters. The van der Waals surface area contributed by atoms with Gasteiger partial charge in [-0.25, -0.2) is 9.97 Å². The van der Waals surface area contributed by atoms with E-state index in [1.165, 1.54) is 0 Å². The Labute approximate surface area is 352 Å². The number of fused-ring (bicyclic) bond motifs is 2. The Morgan fingerprint density at radius 3 is 2.17 bits per heavy atom. The number of carbonyl (C=O) groups excluding carboxylic acids is 1. The fourth-order valence-electron chi connectivity index (χ4n) is 7.17. The van der Waals surface area contributed by atoms with E-state index < -0.39 is 41.8 Å². The number of hydrogen-bond acceptors (Lipinski definition) is 8. The lowest BCUT2D eigenvalue weighted by Gasteiger charge is -2.44. The third-order valence-corrected chi connectivity index (χ3v) is 24.1. The minimum Gasteiger partial charge on any atom is -0.414 e. The Kier molecular flexibility index (Phi) is 13.3. The lowest BCUT2D eigenvalue weighted by atomic mass is 9.77. The molecule has 1 aliphatic carbocycles. The van der Waals surface area contributed by atoms with Gasteiger partial charge < -0.3 is 28.2 Å². The summed E-state index contributed by atoms with van der Waals surface area (Å²) in [4.78, 5) is 23.9. The van der Waals surface area contributed by atoms with Crippen LogP contribution in [0.1, 0.15) is 122 Å². The number of pyridine rings is 1. The maximum Gasteiger partial charge on any atom is 0.291 e. The predicted molar refractivity (Wildman–Crippen MR) is 244 cm³/mol. The molecule has 4 heterocycles. The van der Waals surface area contributed by atoms with Crippen molar-refractivity contribution in [2.24, 2.45) is 5.41 Å². The van der Waals surface area contributed by atoms with Crippen LogP contribution in [0.2, 0.25) is 61.9 Å². The number of amides is 1. The molecule has 0 saturated carbocycles. The van der Waals surface area contributed by atoms with E-state index in [4.69, 9.17) is 23.3 Å². The molecule has 13 heteroatoms. The maximum absolute atomic E-state index is 14.1. The molecule has 58 heavy (non-hydrogen) atoms. The molecule has 320 valence electrons. The molecule has 3 aliphatic rings. The average Bonchev–Trinajstić information content (AvgIpc) is 3.65. The van der Waals surface area contributed by atoms with Gasteiger partial charge in [0.15, 0.2) is 22.3 Å². The van der Waals surface area contributed by atoms with Crippen LogP contribution < -0.4 is 5.32 Å². The summed E-state index contributed by atoms with van der Waals surface area (Å²) in [6.45, 7) is 36.1. The van der Waals surface area contributed by atoms with Gasteiger partial charge in [-0.1, -0.05) is 81.1 Å². The molecule has 2 unspecified atom stereocenters. The van der Waals surface area contributed by atoms with E-state index in [9.17, 15) is 10.1 Å². The van der Waals surface area contributed by atoms with Crippen molar-refractivity contribution in [3.63, 3.8) is 0 Å². The van der Waals surface area contributed by atoms with Gasteiger partial charge in [0.2, 0.25) is 5.82 Å². The topological polar surface area (TPSA) is 121 Å². The first-order valence-corrected chi connectivity index (χ1v) is 30.9. The van der Waals surface area contributed by atoms with Crippen LogP contribution in [0.3, 0.4) is 0 Å². The fraction of sp³-hybridized carbons (Fsp3) is 0.689. The molecule has 1 fully saturated rings. The van der Waals surface area contributed by atoms with E-state index in [0.29, 0.717) is 31.9 Å². The molecule has 1 N–H and O–H groups in total. The summed E-state index contributed by atoms with van der Waals surface area (Å²) in [5.74, 6) is -0.274. The number of rotatable bonds is 15. The van der Waals surface area contributed by atoms with Gasteiger partial charge in [0.25, 0.3) is 5.91 Å². The molecule has 1 amide bonds. The lowest BCUT2D eigenvalue weighted by molar-refractivity contribution is -0.119. The first kappa shape index (κ1) is 46.4. The highest BCUT2D eigenvalue weighted by Crippen LogP contribution is 2.52. The van der Waals surface area contributed by atoms with Crippen molar-refractivity contribution >= 4 is 47.4 Å². The zero-order valence-corrected chi connectivity index (χ0v) is 41.5. The molecule has 2 aromatic rings. The Balaban J connectivity index is 1.52. The van der Waals surface area contributed by atoms with Crippen molar-refractivity contribution in [1.82, 2.24) is 14.5 Å². The highest BCUT2D eigenvalue weighted by molar-refractivity contribution is 6.76. The van der Waals surface area contributed by atoms with Gasteiger partial charge in [-0.2, -0.15) is 5.26 Å². The second-order valence-corrected chi connectivity index (χ2v) is 37.6. The van der Waals surface area contributed by atoms with Gasteiger partial charge >= 0.3 is 0 Å². The Morgan fingerprint density at radius 1 is 0.931 bits per heavy atom. The molecular formula is C45H73N5O5Si3. The van der Waals surface area contributed by atoms with Gasteiger partial charge in [-0.15, -0.1) is 0 Å². The smallest absolute Gasteiger partial charge is 0.291 e. The number of anilines is 1. The summed E-state index contributed by atoms with van der Waals surface area (Å²) >= 11 is 0. The number of nitrogens with zero attached hydrogens (tertiary/aromatic N) is 4. The van der Waals surface area contributed by atoms with Crippen LogP contribution in [0.5, 0.6) is 0 Å². The molecule has 5 rings (SSSR count). The minimum absolute atomic E-state index is 0.0685. The van der Waals surface area contributed by atoms with Crippen LogP contribution in [0.15, 0.2) is 30.5 Å². The number of nitrogens with one attached hydrogen (secondary N) is 1. The van der Waals surface area contributed by atoms with Gasteiger partial charge in [-0.05, 0) is 109 Å². The number of imidazole rings is 1. The number of ether oxygens (including phenoxy) is 2. The van der Waals surface area contributed by atoms with E-state index in [-0.39, 0.29) is 33.7 Å². The van der Waals surface area contributed by atoms with Crippen molar-refractivity contribution in [3.8, 4) is 6.07 Å². The molecule has 2 aliphatic heterocycles. The molecule has 10 nitrogen and oxygen atoms in total. The van der Waals surface area contributed by atoms with E-state index >= 15 is 0 Å². The summed E-state index contributed by atoms with van der Waals surface area (Å²) in [7, 11) is -5.44. The number of nitriles is 1. The van der Waals surface area contributed by atoms with Crippen molar-refractivity contribution in [2.75, 3.05) is 25.1 Å². The molecule has 2 aromatic heterocycles. The van der Waals surface area contributed by atoms with Crippen LogP contribution in [-0.4, -0.2) is 76.2 Å². The minimum atomic E-state index is -2.08. The summed E-state index contributed by atoms with van der Waals surface area (Å²) in [5, 5.41) is 13.0. The summed E-state index contributed by atoms with van der Waals surface area (Å²) in [6.07, 6.45) is 11.4. The van der Waals surface area contributed by atoms with Crippen LogP contribution in [-0.2, 0) is 25.1 Å². The summed E-state index contributed by atoms with van der Waals surface area (Å²) in [5.41, 5.74) is 3.79. The first-order chi connectivity index (χ1) is 26.6. The van der Waals surface area contributed by atoms with Crippen LogP contribution in [0, 0.1) is 16.7 Å². The molecule has 1 saturated heterocycles. The van der Waals surface area contributed by atoms with E-state index in [1.54, 1.807) is 10.8 Å². The predicted octanol–water partition coefficient (Wildman–Crippen LogP) is 11.4. The second-order valence-electron chi connectivity index (χ2n) is 22.3. The summed E-state index contributed by atoms with van der Waals surface area (Å²) < 4.78 is 28.6. The lowest BCUT2D eigenvalue weighted by Crippen LogP contribution is -2.50. The highest BCUT2D eigenvalue weighted by Gasteiger charge is 2.54. The molecule has 2 bridgehead atoms. The zero-order chi connectivity index (χ0) is 43.2. The van der Waals surface area contributed by atoms with Gasteiger partial charge in [0, 0.05) is 27.3 Å². The molecular weight excluding hydrogens is 775 g/mol. The third kappa shape index (κ3) is 11.0. The Bertz CT molecular complexity index is 1940. The average molecular weight is 848 g/mol. The molecule has 0 radical (unpaired) electrons. The Morgan fingerprint density at radius 2 is 1.59 bits per heavy atom. The number of aromatic nitrogens is 3. The SMILES string of the molecule is CC1(C)CC=C(c2nc(C3=CC4(CO[Si](C)(C)C(C)(C)C)CCC(CO[Si](C)(C)C(C)(C)C)(C3)O4)ccc2NC(=O)c2nc(C#N)cn2COCC[Si](C)(C)C)CC1. The molecule has 0 aromatic carbocycles. The van der Waals surface area contributed by atoms with E-state index in [0.717, 1.165) is 60.7 Å². The normalized spacial score (nSPS) is 22.7. The quantitative estimate of drug-likeness (QED) is 0.139. The molecule has 0 spiro atoms. The van der Waals surface area contributed by atoms with Crippen LogP contribution in [0.4, 0.5) is 5.69 Å².